The molecule has 5 heteroatoms. The average molecular weight is 206 g/mol. The van der Waals surface area contributed by atoms with Crippen LogP contribution in [0.25, 0.3) is 0 Å². The third-order valence-electron chi connectivity index (χ3n) is 2.50. The summed E-state index contributed by atoms with van der Waals surface area (Å²) in [5.41, 5.74) is 6.60. The van der Waals surface area contributed by atoms with Crippen molar-refractivity contribution in [2.24, 2.45) is 5.73 Å². The van der Waals surface area contributed by atoms with Gasteiger partial charge in [0.1, 0.15) is 0 Å². The van der Waals surface area contributed by atoms with Crippen LogP contribution in [0.1, 0.15) is 12.1 Å². The van der Waals surface area contributed by atoms with E-state index in [0.717, 1.165) is 12.1 Å². The molecule has 0 radical (unpaired) electrons. The summed E-state index contributed by atoms with van der Waals surface area (Å²) >= 11 is 0. The lowest BCUT2D eigenvalue weighted by atomic mass is 10.3. The summed E-state index contributed by atoms with van der Waals surface area (Å²) in [5.74, 6) is 0.145. The Kier molecular flexibility index (Phi) is 2.91. The number of carbonyl (C=O) groups is 1. The van der Waals surface area contributed by atoms with Crippen LogP contribution in [0, 0.1) is 0 Å². The Morgan fingerprint density at radius 1 is 1.53 bits per heavy atom. The summed E-state index contributed by atoms with van der Waals surface area (Å²) in [7, 11) is 0. The van der Waals surface area contributed by atoms with Crippen LogP contribution in [0.2, 0.25) is 0 Å². The third-order valence-corrected chi connectivity index (χ3v) is 2.50. The molecule has 1 fully saturated rings. The van der Waals surface area contributed by atoms with Crippen LogP contribution in [-0.2, 0) is 11.2 Å². The van der Waals surface area contributed by atoms with Crippen molar-refractivity contribution in [3.8, 4) is 0 Å². The van der Waals surface area contributed by atoms with Gasteiger partial charge in [-0.3, -0.25) is 14.8 Å². The van der Waals surface area contributed by atoms with Gasteiger partial charge < -0.3 is 10.6 Å². The molecule has 1 aliphatic heterocycles. The minimum Gasteiger partial charge on any atom is -0.341 e. The first kappa shape index (κ1) is 10.0. The highest BCUT2D eigenvalue weighted by Gasteiger charge is 2.26. The van der Waals surface area contributed by atoms with Crippen LogP contribution >= 0.6 is 0 Å². The largest absolute Gasteiger partial charge is 0.341 e. The molecule has 2 rings (SSSR count). The maximum atomic E-state index is 11.4. The molecule has 1 unspecified atom stereocenters. The van der Waals surface area contributed by atoms with Crippen molar-refractivity contribution >= 4 is 5.91 Å². The molecule has 5 nitrogen and oxygen atoms in total. The number of aromatic nitrogens is 2. The van der Waals surface area contributed by atoms with Gasteiger partial charge in [0, 0.05) is 50.6 Å². The minimum atomic E-state index is -0.000595. The lowest BCUT2D eigenvalue weighted by Gasteiger charge is -2.14. The highest BCUT2D eigenvalue weighted by atomic mass is 16.2. The first-order valence-corrected chi connectivity index (χ1v) is 5.04. The van der Waals surface area contributed by atoms with Crippen molar-refractivity contribution in [1.29, 1.82) is 0 Å². The van der Waals surface area contributed by atoms with E-state index in [2.05, 4.69) is 9.97 Å². The van der Waals surface area contributed by atoms with Crippen LogP contribution < -0.4 is 5.73 Å². The van der Waals surface area contributed by atoms with Gasteiger partial charge in [-0.15, -0.1) is 0 Å². The third kappa shape index (κ3) is 2.50. The SMILES string of the molecule is NC1CC(=O)N(CCc2cnccn2)C1. The predicted octanol–water partition coefficient (Wildman–Crippen LogP) is -0.421. The molecule has 80 valence electrons. The number of carbonyl (C=O) groups excluding carboxylic acids is 1. The number of hydrogen-bond acceptors (Lipinski definition) is 4. The van der Waals surface area contributed by atoms with Gasteiger partial charge in [-0.05, 0) is 0 Å². The molecule has 0 aliphatic carbocycles. The molecule has 15 heavy (non-hydrogen) atoms. The Hall–Kier alpha value is -1.49. The molecule has 1 aliphatic rings. The van der Waals surface area contributed by atoms with Crippen molar-refractivity contribution in [3.05, 3.63) is 24.3 Å². The van der Waals surface area contributed by atoms with Gasteiger partial charge in [0.25, 0.3) is 0 Å². The molecule has 0 saturated carbocycles. The fraction of sp³-hybridized carbons (Fsp3) is 0.500. The Morgan fingerprint density at radius 3 is 3.00 bits per heavy atom. The summed E-state index contributed by atoms with van der Waals surface area (Å²) < 4.78 is 0. The zero-order valence-corrected chi connectivity index (χ0v) is 8.47. The van der Waals surface area contributed by atoms with Crippen molar-refractivity contribution in [3.63, 3.8) is 0 Å². The molecule has 1 aromatic heterocycles. The van der Waals surface area contributed by atoms with Crippen molar-refractivity contribution in [2.45, 2.75) is 18.9 Å². The summed E-state index contributed by atoms with van der Waals surface area (Å²) in [6.45, 7) is 1.35. The fourth-order valence-corrected chi connectivity index (χ4v) is 1.73. The number of nitrogens with zero attached hydrogens (tertiary/aromatic N) is 3. The van der Waals surface area contributed by atoms with E-state index in [9.17, 15) is 4.79 Å². The van der Waals surface area contributed by atoms with Gasteiger partial charge in [0.15, 0.2) is 0 Å². The van der Waals surface area contributed by atoms with E-state index in [-0.39, 0.29) is 11.9 Å². The van der Waals surface area contributed by atoms with Gasteiger partial charge in [-0.25, -0.2) is 0 Å². The topological polar surface area (TPSA) is 72.1 Å². The zero-order chi connectivity index (χ0) is 10.7. The minimum absolute atomic E-state index is 0.000595. The molecule has 1 saturated heterocycles. The maximum Gasteiger partial charge on any atom is 0.224 e. The van der Waals surface area contributed by atoms with Crippen LogP contribution in [0.4, 0.5) is 0 Å². The molecule has 1 aromatic rings. The van der Waals surface area contributed by atoms with Gasteiger partial charge in [0.2, 0.25) is 5.91 Å². The molecule has 0 aromatic carbocycles. The molecular formula is C10H14N4O. The normalized spacial score (nSPS) is 21.0. The Balaban J connectivity index is 1.86. The molecular weight excluding hydrogens is 192 g/mol. The summed E-state index contributed by atoms with van der Waals surface area (Å²) in [6, 6.07) is -0.000595. The number of amides is 1. The number of nitrogens with two attached hydrogens (primary N) is 1. The van der Waals surface area contributed by atoms with Crippen molar-refractivity contribution in [2.75, 3.05) is 13.1 Å². The van der Waals surface area contributed by atoms with E-state index in [1.165, 1.54) is 0 Å². The van der Waals surface area contributed by atoms with Crippen molar-refractivity contribution < 1.29 is 4.79 Å². The molecule has 0 spiro atoms. The Morgan fingerprint density at radius 2 is 2.40 bits per heavy atom. The van der Waals surface area contributed by atoms with Gasteiger partial charge in [0.05, 0.1) is 5.69 Å². The molecule has 2 N–H and O–H groups in total. The van der Waals surface area contributed by atoms with Crippen molar-refractivity contribution in [1.82, 2.24) is 14.9 Å². The van der Waals surface area contributed by atoms with E-state index in [4.69, 9.17) is 5.73 Å². The number of hydrogen-bond donors (Lipinski definition) is 1. The summed E-state index contributed by atoms with van der Waals surface area (Å²) in [5, 5.41) is 0. The quantitative estimate of drug-likeness (QED) is 0.729. The first-order valence-electron chi connectivity index (χ1n) is 5.04. The Labute approximate surface area is 88.3 Å². The van der Waals surface area contributed by atoms with E-state index < -0.39 is 0 Å². The fourth-order valence-electron chi connectivity index (χ4n) is 1.73. The van der Waals surface area contributed by atoms with E-state index in [1.807, 2.05) is 0 Å². The lowest BCUT2D eigenvalue weighted by Crippen LogP contribution is -2.30. The second-order valence-corrected chi connectivity index (χ2v) is 3.75. The van der Waals surface area contributed by atoms with E-state index >= 15 is 0 Å². The maximum absolute atomic E-state index is 11.4. The zero-order valence-electron chi connectivity index (χ0n) is 8.47. The van der Waals surface area contributed by atoms with E-state index in [1.54, 1.807) is 23.5 Å². The van der Waals surface area contributed by atoms with Gasteiger partial charge in [-0.1, -0.05) is 0 Å². The number of likely N-dealkylation sites (tertiary alicyclic amines) is 1. The second-order valence-electron chi connectivity index (χ2n) is 3.75. The highest BCUT2D eigenvalue weighted by Crippen LogP contribution is 2.09. The molecule has 0 bridgehead atoms. The molecule has 1 atom stereocenters. The van der Waals surface area contributed by atoms with Crippen LogP contribution in [-0.4, -0.2) is 39.9 Å². The van der Waals surface area contributed by atoms with Gasteiger partial charge in [-0.2, -0.15) is 0 Å². The van der Waals surface area contributed by atoms with E-state index in [0.29, 0.717) is 19.5 Å². The van der Waals surface area contributed by atoms with Gasteiger partial charge >= 0.3 is 0 Å². The summed E-state index contributed by atoms with van der Waals surface area (Å²) in [4.78, 5) is 21.3. The lowest BCUT2D eigenvalue weighted by molar-refractivity contribution is -0.127. The molecule has 2 heterocycles. The first-order chi connectivity index (χ1) is 7.25. The van der Waals surface area contributed by atoms with Crippen LogP contribution in [0.3, 0.4) is 0 Å². The monoisotopic (exact) mass is 206 g/mol. The van der Waals surface area contributed by atoms with Crippen LogP contribution in [0.15, 0.2) is 18.6 Å². The summed E-state index contributed by atoms with van der Waals surface area (Å²) in [6.07, 6.45) is 6.24. The van der Waals surface area contributed by atoms with Crippen LogP contribution in [0.5, 0.6) is 0 Å². The molecule has 1 amide bonds. The smallest absolute Gasteiger partial charge is 0.224 e. The predicted molar refractivity (Wildman–Crippen MR) is 54.9 cm³/mol. The average Bonchev–Trinajstić information content (AvgIpc) is 2.56. The standard InChI is InChI=1S/C10H14N4O/c11-8-5-10(15)14(7-8)4-1-9-6-12-2-3-13-9/h2-3,6,8H,1,4-5,7,11H2. The number of rotatable bonds is 3. The second kappa shape index (κ2) is 4.35. The highest BCUT2D eigenvalue weighted by molar-refractivity contribution is 5.79. The Bertz CT molecular complexity index is 341.